The molecule has 0 spiro atoms. The van der Waals surface area contributed by atoms with Crippen LogP contribution in [0.4, 0.5) is 0 Å². The lowest BCUT2D eigenvalue weighted by atomic mass is 9.96. The maximum Gasteiger partial charge on any atom is 0.335 e. The normalized spacial score (nSPS) is 17.9. The van der Waals surface area contributed by atoms with Gasteiger partial charge in [0.1, 0.15) is 0 Å². The summed E-state index contributed by atoms with van der Waals surface area (Å²) in [5.74, 6) is -0.940. The van der Waals surface area contributed by atoms with Gasteiger partial charge >= 0.3 is 5.97 Å². The maximum absolute atomic E-state index is 11.5. The first-order chi connectivity index (χ1) is 15.9. The van der Waals surface area contributed by atoms with Crippen molar-refractivity contribution in [3.8, 4) is 5.69 Å². The van der Waals surface area contributed by atoms with Crippen molar-refractivity contribution in [2.24, 2.45) is 0 Å². The Hall–Kier alpha value is -3.23. The molecule has 172 valence electrons. The van der Waals surface area contributed by atoms with Crippen LogP contribution < -0.4 is 5.32 Å². The standard InChI is InChI=1S/C25H28N4O3S/c1-16-14-20(17(2)29(16)19-9-6-8-18(15-19)24(30)31)23-22(21-10-4-5-11-26-21)27-25(33)28(23)12-7-13-32-3/h4-6,8-11,14-15,22-23H,7,12-13H2,1-3H3,(H,27,33)(H,30,31)/t22-,23-/m0/s1. The van der Waals surface area contributed by atoms with E-state index >= 15 is 0 Å². The van der Waals surface area contributed by atoms with Crippen molar-refractivity contribution in [3.05, 3.63) is 82.9 Å². The third-order valence-corrected chi connectivity index (χ3v) is 6.44. The molecule has 0 unspecified atom stereocenters. The molecule has 3 heterocycles. The predicted octanol–water partition coefficient (Wildman–Crippen LogP) is 4.20. The van der Waals surface area contributed by atoms with Crippen LogP contribution in [0.2, 0.25) is 0 Å². The zero-order chi connectivity index (χ0) is 23.5. The van der Waals surface area contributed by atoms with Crippen LogP contribution in [0.1, 0.15) is 51.5 Å². The number of carbonyl (C=O) groups is 1. The second-order valence-corrected chi connectivity index (χ2v) is 8.57. The van der Waals surface area contributed by atoms with Crippen molar-refractivity contribution < 1.29 is 14.6 Å². The lowest BCUT2D eigenvalue weighted by molar-refractivity contribution is 0.0697. The number of hydrogen-bond acceptors (Lipinski definition) is 4. The summed E-state index contributed by atoms with van der Waals surface area (Å²) in [6, 6.07) is 14.9. The van der Waals surface area contributed by atoms with E-state index in [-0.39, 0.29) is 17.6 Å². The molecule has 1 aliphatic rings. The van der Waals surface area contributed by atoms with E-state index in [4.69, 9.17) is 17.0 Å². The van der Waals surface area contributed by atoms with E-state index in [1.54, 1.807) is 31.5 Å². The molecule has 1 aromatic carbocycles. The summed E-state index contributed by atoms with van der Waals surface area (Å²) in [5.41, 5.74) is 5.22. The molecule has 0 amide bonds. The molecule has 2 atom stereocenters. The highest BCUT2D eigenvalue weighted by atomic mass is 32.1. The Morgan fingerprint density at radius 1 is 1.21 bits per heavy atom. The summed E-state index contributed by atoms with van der Waals surface area (Å²) in [6.45, 7) is 5.52. The van der Waals surface area contributed by atoms with Gasteiger partial charge in [-0.2, -0.15) is 0 Å². The second kappa shape index (κ2) is 9.72. The number of benzene rings is 1. The number of aromatic carboxylic acids is 1. The molecule has 7 nitrogen and oxygen atoms in total. The summed E-state index contributed by atoms with van der Waals surface area (Å²) < 4.78 is 7.37. The zero-order valence-corrected chi connectivity index (χ0v) is 19.8. The second-order valence-electron chi connectivity index (χ2n) is 8.18. The number of methoxy groups -OCH3 is 1. The number of hydrogen-bond donors (Lipinski definition) is 2. The minimum atomic E-state index is -0.940. The number of aromatic nitrogens is 2. The van der Waals surface area contributed by atoms with E-state index in [1.165, 1.54) is 0 Å². The van der Waals surface area contributed by atoms with Gasteiger partial charge < -0.3 is 24.6 Å². The summed E-state index contributed by atoms with van der Waals surface area (Å²) in [7, 11) is 1.70. The van der Waals surface area contributed by atoms with E-state index in [2.05, 4.69) is 32.8 Å². The molecule has 0 saturated carbocycles. The molecule has 33 heavy (non-hydrogen) atoms. The highest BCUT2D eigenvalue weighted by Crippen LogP contribution is 2.41. The molecule has 4 rings (SSSR count). The van der Waals surface area contributed by atoms with Crippen LogP contribution in [-0.4, -0.2) is 50.9 Å². The van der Waals surface area contributed by atoms with Gasteiger partial charge in [-0.05, 0) is 74.4 Å². The fourth-order valence-corrected chi connectivity index (χ4v) is 4.96. The number of aryl methyl sites for hydroxylation is 1. The Labute approximate surface area is 199 Å². The van der Waals surface area contributed by atoms with Crippen molar-refractivity contribution >= 4 is 23.3 Å². The van der Waals surface area contributed by atoms with E-state index in [1.807, 2.05) is 31.2 Å². The lowest BCUT2D eigenvalue weighted by Crippen LogP contribution is -2.31. The summed E-state index contributed by atoms with van der Waals surface area (Å²) in [4.78, 5) is 18.3. The summed E-state index contributed by atoms with van der Waals surface area (Å²) in [6.07, 6.45) is 2.65. The zero-order valence-electron chi connectivity index (χ0n) is 19.0. The van der Waals surface area contributed by atoms with Crippen LogP contribution in [0.15, 0.2) is 54.7 Å². The highest BCUT2D eigenvalue weighted by molar-refractivity contribution is 7.80. The third kappa shape index (κ3) is 4.49. The molecule has 0 bridgehead atoms. The molecular formula is C25H28N4O3S. The number of carboxylic acids is 1. The van der Waals surface area contributed by atoms with Gasteiger partial charge in [0.25, 0.3) is 0 Å². The summed E-state index contributed by atoms with van der Waals surface area (Å²) in [5, 5.41) is 13.6. The van der Waals surface area contributed by atoms with Crippen molar-refractivity contribution in [1.29, 1.82) is 0 Å². The fourth-order valence-electron chi connectivity index (χ4n) is 4.63. The summed E-state index contributed by atoms with van der Waals surface area (Å²) >= 11 is 5.74. The van der Waals surface area contributed by atoms with Gasteiger partial charge in [-0.25, -0.2) is 4.79 Å². The Kier molecular flexibility index (Phi) is 6.76. The monoisotopic (exact) mass is 464 g/mol. The van der Waals surface area contributed by atoms with Crippen LogP contribution >= 0.6 is 12.2 Å². The maximum atomic E-state index is 11.5. The molecule has 8 heteroatoms. The number of nitrogens with zero attached hydrogens (tertiary/aromatic N) is 3. The average molecular weight is 465 g/mol. The van der Waals surface area contributed by atoms with Crippen LogP contribution in [0.3, 0.4) is 0 Å². The molecule has 2 aromatic heterocycles. The Morgan fingerprint density at radius 2 is 2.03 bits per heavy atom. The highest BCUT2D eigenvalue weighted by Gasteiger charge is 2.41. The van der Waals surface area contributed by atoms with Crippen molar-refractivity contribution in [3.63, 3.8) is 0 Å². The van der Waals surface area contributed by atoms with Crippen LogP contribution in [0.5, 0.6) is 0 Å². The first-order valence-electron chi connectivity index (χ1n) is 10.9. The fraction of sp³-hybridized carbons (Fsp3) is 0.320. The quantitative estimate of drug-likeness (QED) is 0.382. The van der Waals surface area contributed by atoms with E-state index < -0.39 is 5.97 Å². The average Bonchev–Trinajstić information content (AvgIpc) is 3.29. The van der Waals surface area contributed by atoms with Crippen LogP contribution in [0, 0.1) is 13.8 Å². The van der Waals surface area contributed by atoms with Gasteiger partial charge in [0, 0.05) is 43.5 Å². The van der Waals surface area contributed by atoms with Crippen molar-refractivity contribution in [2.75, 3.05) is 20.3 Å². The first-order valence-corrected chi connectivity index (χ1v) is 11.3. The topological polar surface area (TPSA) is 79.6 Å². The van der Waals surface area contributed by atoms with Gasteiger partial charge in [-0.3, -0.25) is 4.98 Å². The predicted molar refractivity (Wildman–Crippen MR) is 131 cm³/mol. The number of pyridine rings is 1. The van der Waals surface area contributed by atoms with Crippen molar-refractivity contribution in [2.45, 2.75) is 32.4 Å². The Morgan fingerprint density at radius 3 is 2.73 bits per heavy atom. The SMILES string of the molecule is COCCCN1C(=S)N[C@@H](c2ccccn2)[C@@H]1c1cc(C)n(-c2cccc(C(=O)O)c2)c1C. The molecule has 1 aliphatic heterocycles. The van der Waals surface area contributed by atoms with Crippen LogP contribution in [0.25, 0.3) is 5.69 Å². The van der Waals surface area contributed by atoms with Crippen LogP contribution in [-0.2, 0) is 4.74 Å². The van der Waals surface area contributed by atoms with Gasteiger partial charge in [0.05, 0.1) is 23.3 Å². The minimum Gasteiger partial charge on any atom is -0.478 e. The van der Waals surface area contributed by atoms with Gasteiger partial charge in [-0.1, -0.05) is 12.1 Å². The number of carboxylic acid groups (broad SMARTS) is 1. The molecule has 1 saturated heterocycles. The lowest BCUT2D eigenvalue weighted by Gasteiger charge is -2.28. The molecule has 3 aromatic rings. The third-order valence-electron chi connectivity index (χ3n) is 6.09. The Bertz CT molecular complexity index is 1160. The van der Waals surface area contributed by atoms with Gasteiger partial charge in [-0.15, -0.1) is 0 Å². The van der Waals surface area contributed by atoms with Gasteiger partial charge in [0.15, 0.2) is 5.11 Å². The van der Waals surface area contributed by atoms with E-state index in [0.29, 0.717) is 11.7 Å². The molecule has 0 aliphatic carbocycles. The molecular weight excluding hydrogens is 436 g/mol. The smallest absolute Gasteiger partial charge is 0.335 e. The molecule has 0 radical (unpaired) electrons. The number of nitrogens with one attached hydrogen (secondary N) is 1. The Balaban J connectivity index is 1.79. The number of thiocarbonyl (C=S) groups is 1. The molecule has 2 N–H and O–H groups in total. The number of rotatable bonds is 8. The molecule has 1 fully saturated rings. The van der Waals surface area contributed by atoms with Gasteiger partial charge in [0.2, 0.25) is 0 Å². The van der Waals surface area contributed by atoms with Crippen molar-refractivity contribution in [1.82, 2.24) is 19.8 Å². The first kappa shape index (κ1) is 22.9. The number of ether oxygens (including phenoxy) is 1. The minimum absolute atomic E-state index is 0.0492. The van der Waals surface area contributed by atoms with E-state index in [9.17, 15) is 9.90 Å². The largest absolute Gasteiger partial charge is 0.478 e. The van der Waals surface area contributed by atoms with E-state index in [0.717, 1.165) is 41.3 Å².